The van der Waals surface area contributed by atoms with Gasteiger partial charge in [-0.1, -0.05) is 19.9 Å². The molecule has 0 amide bonds. The van der Waals surface area contributed by atoms with Crippen molar-refractivity contribution in [3.05, 3.63) is 11.6 Å². The minimum Gasteiger partial charge on any atom is -0.462 e. The fraction of sp³-hybridized carbons (Fsp3) is 0.786. The van der Waals surface area contributed by atoms with Gasteiger partial charge in [-0.25, -0.2) is 4.79 Å². The number of aliphatic hydroxyl groups excluding tert-OH is 1. The molecule has 0 atom stereocenters. The van der Waals surface area contributed by atoms with Crippen molar-refractivity contribution in [1.82, 2.24) is 0 Å². The normalized spacial score (nSPS) is 25.2. The van der Waals surface area contributed by atoms with E-state index in [1.807, 2.05) is 13.8 Å². The molecular weight excluding hydrogens is 248 g/mol. The Hall–Kier alpha value is -0.910. The summed E-state index contributed by atoms with van der Waals surface area (Å²) < 4.78 is 16.4. The van der Waals surface area contributed by atoms with Gasteiger partial charge in [-0.15, -0.1) is 0 Å². The Balaban J connectivity index is 2.46. The molecule has 0 radical (unpaired) electrons. The second kappa shape index (κ2) is 7.03. The molecule has 1 N–H and O–H groups in total. The first-order valence-corrected chi connectivity index (χ1v) is 6.54. The van der Waals surface area contributed by atoms with E-state index in [0.717, 1.165) is 0 Å². The van der Waals surface area contributed by atoms with Crippen LogP contribution in [0.1, 0.15) is 27.7 Å². The Labute approximate surface area is 114 Å². The lowest BCUT2D eigenvalue weighted by Crippen LogP contribution is -2.45. The van der Waals surface area contributed by atoms with Crippen molar-refractivity contribution < 1.29 is 24.1 Å². The van der Waals surface area contributed by atoms with Crippen LogP contribution in [0.15, 0.2) is 11.6 Å². The predicted octanol–water partition coefficient (Wildman–Crippen LogP) is 1.50. The molecule has 5 heteroatoms. The van der Waals surface area contributed by atoms with Crippen molar-refractivity contribution in [1.29, 1.82) is 0 Å². The van der Waals surface area contributed by atoms with E-state index in [1.54, 1.807) is 19.9 Å². The van der Waals surface area contributed by atoms with Crippen LogP contribution in [-0.4, -0.2) is 43.8 Å². The third kappa shape index (κ3) is 4.60. The number of carbonyl (C=O) groups excluding carboxylic acids is 1. The number of allylic oxidation sites excluding steroid dienone is 1. The topological polar surface area (TPSA) is 65.0 Å². The number of hydrogen-bond donors (Lipinski definition) is 1. The molecular formula is C14H24O5. The van der Waals surface area contributed by atoms with Crippen LogP contribution in [0.25, 0.3) is 0 Å². The molecule has 110 valence electrons. The Bertz CT molecular complexity index is 327. The van der Waals surface area contributed by atoms with Crippen molar-refractivity contribution in [2.45, 2.75) is 34.0 Å². The molecule has 0 bridgehead atoms. The summed E-state index contributed by atoms with van der Waals surface area (Å²) in [6, 6.07) is 0. The van der Waals surface area contributed by atoms with Gasteiger partial charge in [0.05, 0.1) is 19.8 Å². The number of rotatable bonds is 5. The van der Waals surface area contributed by atoms with Gasteiger partial charge in [0.25, 0.3) is 0 Å². The van der Waals surface area contributed by atoms with Crippen LogP contribution in [0.2, 0.25) is 0 Å². The lowest BCUT2D eigenvalue weighted by molar-refractivity contribution is -0.256. The quantitative estimate of drug-likeness (QED) is 0.607. The maximum atomic E-state index is 11.6. The molecule has 1 fully saturated rings. The number of esters is 1. The smallest absolute Gasteiger partial charge is 0.333 e. The monoisotopic (exact) mass is 272 g/mol. The highest BCUT2D eigenvalue weighted by molar-refractivity contribution is 5.87. The van der Waals surface area contributed by atoms with E-state index in [9.17, 15) is 4.79 Å². The summed E-state index contributed by atoms with van der Waals surface area (Å²) in [5.74, 6) is -0.292. The molecule has 0 spiro atoms. The summed E-state index contributed by atoms with van der Waals surface area (Å²) in [7, 11) is 0. The minimum absolute atomic E-state index is 0.0277. The number of ether oxygens (including phenoxy) is 3. The predicted molar refractivity (Wildman–Crippen MR) is 70.4 cm³/mol. The number of hydrogen-bond acceptors (Lipinski definition) is 5. The lowest BCUT2D eigenvalue weighted by atomic mass is 9.93. The van der Waals surface area contributed by atoms with Gasteiger partial charge in [-0.05, 0) is 13.8 Å². The van der Waals surface area contributed by atoms with Crippen molar-refractivity contribution >= 4 is 5.97 Å². The molecule has 1 heterocycles. The van der Waals surface area contributed by atoms with Crippen LogP contribution in [0, 0.1) is 11.3 Å². The third-order valence-corrected chi connectivity index (χ3v) is 3.19. The second-order valence-electron chi connectivity index (χ2n) is 5.58. The Morgan fingerprint density at radius 3 is 2.47 bits per heavy atom. The summed E-state index contributed by atoms with van der Waals surface area (Å²) in [6.07, 6.45) is 1.29. The highest BCUT2D eigenvalue weighted by atomic mass is 16.7. The molecule has 0 saturated carbocycles. The standard InChI is InChI=1S/C14H24O5/c1-5-10(2)12(16)19-9-14(3,4)13-17-7-11(6-15)8-18-13/h5,11,13,15H,6-9H2,1-4H3. The molecule has 1 aliphatic rings. The first-order valence-electron chi connectivity index (χ1n) is 6.54. The van der Waals surface area contributed by atoms with E-state index in [0.29, 0.717) is 18.8 Å². The van der Waals surface area contributed by atoms with Gasteiger partial charge in [0, 0.05) is 16.9 Å². The third-order valence-electron chi connectivity index (χ3n) is 3.19. The summed E-state index contributed by atoms with van der Waals surface area (Å²) in [5, 5.41) is 9.01. The van der Waals surface area contributed by atoms with Crippen molar-refractivity contribution in [3.8, 4) is 0 Å². The van der Waals surface area contributed by atoms with Crippen molar-refractivity contribution in [2.75, 3.05) is 26.4 Å². The molecule has 0 aromatic heterocycles. The number of aliphatic hydroxyl groups is 1. The Morgan fingerprint density at radius 2 is 2.00 bits per heavy atom. The Morgan fingerprint density at radius 1 is 1.42 bits per heavy atom. The van der Waals surface area contributed by atoms with Gasteiger partial charge in [0.2, 0.25) is 0 Å². The maximum absolute atomic E-state index is 11.6. The van der Waals surface area contributed by atoms with Gasteiger partial charge in [0.15, 0.2) is 6.29 Å². The number of carbonyl (C=O) groups is 1. The first-order chi connectivity index (χ1) is 8.90. The van der Waals surface area contributed by atoms with E-state index >= 15 is 0 Å². The van der Waals surface area contributed by atoms with E-state index in [-0.39, 0.29) is 25.1 Å². The lowest BCUT2D eigenvalue weighted by Gasteiger charge is -2.38. The summed E-state index contributed by atoms with van der Waals surface area (Å²) in [5.41, 5.74) is 0.158. The van der Waals surface area contributed by atoms with Crippen LogP contribution >= 0.6 is 0 Å². The molecule has 1 aliphatic heterocycles. The average Bonchev–Trinajstić information content (AvgIpc) is 2.44. The zero-order chi connectivity index (χ0) is 14.5. The zero-order valence-electron chi connectivity index (χ0n) is 12.1. The fourth-order valence-corrected chi connectivity index (χ4v) is 1.65. The average molecular weight is 272 g/mol. The van der Waals surface area contributed by atoms with Gasteiger partial charge < -0.3 is 19.3 Å². The summed E-state index contributed by atoms with van der Waals surface area (Å²) in [4.78, 5) is 11.6. The zero-order valence-corrected chi connectivity index (χ0v) is 12.1. The molecule has 5 nitrogen and oxygen atoms in total. The largest absolute Gasteiger partial charge is 0.462 e. The SMILES string of the molecule is CC=C(C)C(=O)OCC(C)(C)C1OCC(CO)CO1. The van der Waals surface area contributed by atoms with Crippen LogP contribution in [-0.2, 0) is 19.0 Å². The summed E-state index contributed by atoms with van der Waals surface area (Å²) in [6.45, 7) is 8.58. The molecule has 0 aromatic carbocycles. The summed E-state index contributed by atoms with van der Waals surface area (Å²) >= 11 is 0. The highest BCUT2D eigenvalue weighted by Crippen LogP contribution is 2.28. The molecule has 0 aliphatic carbocycles. The van der Waals surface area contributed by atoms with Gasteiger partial charge in [-0.2, -0.15) is 0 Å². The molecule has 19 heavy (non-hydrogen) atoms. The van der Waals surface area contributed by atoms with Crippen molar-refractivity contribution in [3.63, 3.8) is 0 Å². The van der Waals surface area contributed by atoms with Gasteiger partial charge in [0.1, 0.15) is 6.61 Å². The van der Waals surface area contributed by atoms with Crippen LogP contribution in [0.4, 0.5) is 0 Å². The maximum Gasteiger partial charge on any atom is 0.333 e. The molecule has 1 saturated heterocycles. The minimum atomic E-state index is -0.426. The van der Waals surface area contributed by atoms with E-state index in [2.05, 4.69) is 0 Å². The fourth-order valence-electron chi connectivity index (χ4n) is 1.65. The van der Waals surface area contributed by atoms with Crippen LogP contribution in [0.3, 0.4) is 0 Å². The van der Waals surface area contributed by atoms with Gasteiger partial charge >= 0.3 is 5.97 Å². The van der Waals surface area contributed by atoms with Crippen LogP contribution in [0.5, 0.6) is 0 Å². The molecule has 0 aromatic rings. The second-order valence-corrected chi connectivity index (χ2v) is 5.58. The first kappa shape index (κ1) is 16.1. The molecule has 0 unspecified atom stereocenters. The van der Waals surface area contributed by atoms with E-state index in [4.69, 9.17) is 19.3 Å². The Kier molecular flexibility index (Phi) is 5.97. The highest BCUT2D eigenvalue weighted by Gasteiger charge is 2.36. The van der Waals surface area contributed by atoms with Gasteiger partial charge in [-0.3, -0.25) is 0 Å². The van der Waals surface area contributed by atoms with Crippen LogP contribution < -0.4 is 0 Å². The molecule has 1 rings (SSSR count). The van der Waals surface area contributed by atoms with E-state index < -0.39 is 11.7 Å². The van der Waals surface area contributed by atoms with Crippen molar-refractivity contribution in [2.24, 2.45) is 11.3 Å². The van der Waals surface area contributed by atoms with E-state index in [1.165, 1.54) is 0 Å².